The Morgan fingerprint density at radius 1 is 1.08 bits per heavy atom. The van der Waals surface area contributed by atoms with E-state index >= 15 is 0 Å². The van der Waals surface area contributed by atoms with E-state index in [2.05, 4.69) is 10.6 Å². The van der Waals surface area contributed by atoms with Crippen molar-refractivity contribution in [3.8, 4) is 0 Å². The van der Waals surface area contributed by atoms with Crippen LogP contribution in [0, 0.1) is 6.92 Å². The van der Waals surface area contributed by atoms with Crippen LogP contribution < -0.4 is 16.3 Å². The van der Waals surface area contributed by atoms with Crippen LogP contribution in [0.2, 0.25) is 0 Å². The molecule has 26 heavy (non-hydrogen) atoms. The van der Waals surface area contributed by atoms with Gasteiger partial charge in [0.05, 0.1) is 11.3 Å². The SMILES string of the molecule is Cc1cc(=O)oc2cc(NC(=S)Nc3ccccc3C(F)(F)F)ccc12. The molecule has 0 amide bonds. The van der Waals surface area contributed by atoms with E-state index in [1.54, 1.807) is 25.1 Å². The molecular weight excluding hydrogens is 365 g/mol. The third kappa shape index (κ3) is 3.85. The lowest BCUT2D eigenvalue weighted by molar-refractivity contribution is -0.136. The van der Waals surface area contributed by atoms with Crippen molar-refractivity contribution in [3.05, 3.63) is 70.1 Å². The first-order valence-corrected chi connectivity index (χ1v) is 7.93. The number of aryl methyl sites for hydroxylation is 1. The van der Waals surface area contributed by atoms with Crippen molar-refractivity contribution in [2.75, 3.05) is 10.6 Å². The van der Waals surface area contributed by atoms with E-state index in [0.717, 1.165) is 17.0 Å². The first-order valence-electron chi connectivity index (χ1n) is 7.53. The van der Waals surface area contributed by atoms with Gasteiger partial charge in [-0.1, -0.05) is 12.1 Å². The van der Waals surface area contributed by atoms with E-state index in [1.165, 1.54) is 24.3 Å². The zero-order valence-electron chi connectivity index (χ0n) is 13.5. The molecule has 0 spiro atoms. The molecule has 0 unspecified atom stereocenters. The van der Waals surface area contributed by atoms with E-state index in [4.69, 9.17) is 16.6 Å². The molecule has 8 heteroatoms. The maximum atomic E-state index is 13.0. The highest BCUT2D eigenvalue weighted by Crippen LogP contribution is 2.34. The van der Waals surface area contributed by atoms with E-state index < -0.39 is 17.4 Å². The number of anilines is 2. The molecule has 4 nitrogen and oxygen atoms in total. The van der Waals surface area contributed by atoms with Gasteiger partial charge in [0.15, 0.2) is 5.11 Å². The second-order valence-corrected chi connectivity index (χ2v) is 5.99. The number of thiocarbonyl (C=S) groups is 1. The van der Waals surface area contributed by atoms with Gasteiger partial charge in [0.2, 0.25) is 0 Å². The quantitative estimate of drug-likeness (QED) is 0.489. The normalized spacial score (nSPS) is 11.4. The van der Waals surface area contributed by atoms with Crippen LogP contribution in [0.4, 0.5) is 24.5 Å². The molecule has 2 aromatic carbocycles. The van der Waals surface area contributed by atoms with E-state index in [0.29, 0.717) is 11.3 Å². The first-order chi connectivity index (χ1) is 12.2. The molecular formula is C18H13F3N2O2S. The number of hydrogen-bond acceptors (Lipinski definition) is 3. The Hall–Kier alpha value is -2.87. The largest absolute Gasteiger partial charge is 0.423 e. The summed E-state index contributed by atoms with van der Waals surface area (Å²) in [6.07, 6.45) is -4.50. The average molecular weight is 378 g/mol. The number of fused-ring (bicyclic) bond motifs is 1. The lowest BCUT2D eigenvalue weighted by Gasteiger charge is -2.16. The summed E-state index contributed by atoms with van der Waals surface area (Å²) >= 11 is 5.09. The summed E-state index contributed by atoms with van der Waals surface area (Å²) in [6, 6.07) is 11.4. The van der Waals surface area contributed by atoms with Crippen molar-refractivity contribution < 1.29 is 17.6 Å². The monoisotopic (exact) mass is 378 g/mol. The number of alkyl halides is 3. The van der Waals surface area contributed by atoms with Gasteiger partial charge in [-0.25, -0.2) is 4.79 Å². The number of hydrogen-bond donors (Lipinski definition) is 2. The molecule has 0 fully saturated rings. The first kappa shape index (κ1) is 17.9. The highest BCUT2D eigenvalue weighted by molar-refractivity contribution is 7.80. The lowest BCUT2D eigenvalue weighted by Crippen LogP contribution is -2.21. The van der Waals surface area contributed by atoms with Gasteiger partial charge in [-0.3, -0.25) is 0 Å². The summed E-state index contributed by atoms with van der Waals surface area (Å²) in [5.74, 6) is 0. The second kappa shape index (κ2) is 6.80. The van der Waals surface area contributed by atoms with Crippen LogP contribution >= 0.6 is 12.2 Å². The van der Waals surface area contributed by atoms with Crippen molar-refractivity contribution in [2.45, 2.75) is 13.1 Å². The van der Waals surface area contributed by atoms with Crippen LogP contribution in [0.5, 0.6) is 0 Å². The summed E-state index contributed by atoms with van der Waals surface area (Å²) in [5.41, 5.74) is 0.159. The molecule has 0 atom stereocenters. The molecule has 0 aliphatic rings. The van der Waals surface area contributed by atoms with Gasteiger partial charge >= 0.3 is 11.8 Å². The number of benzene rings is 2. The fourth-order valence-electron chi connectivity index (χ4n) is 2.53. The molecule has 134 valence electrons. The number of nitrogens with one attached hydrogen (secondary N) is 2. The Kier molecular flexibility index (Phi) is 4.69. The molecule has 0 saturated heterocycles. The highest BCUT2D eigenvalue weighted by Gasteiger charge is 2.33. The molecule has 0 radical (unpaired) electrons. The lowest BCUT2D eigenvalue weighted by atomic mass is 10.1. The van der Waals surface area contributed by atoms with E-state index in [9.17, 15) is 18.0 Å². The molecule has 2 N–H and O–H groups in total. The van der Waals surface area contributed by atoms with Gasteiger partial charge in [0.1, 0.15) is 5.58 Å². The topological polar surface area (TPSA) is 54.3 Å². The minimum absolute atomic E-state index is 0.0175. The summed E-state index contributed by atoms with van der Waals surface area (Å²) in [4.78, 5) is 11.5. The predicted octanol–water partition coefficient (Wildman–Crippen LogP) is 4.93. The summed E-state index contributed by atoms with van der Waals surface area (Å²) in [6.45, 7) is 1.78. The van der Waals surface area contributed by atoms with Crippen LogP contribution in [0.3, 0.4) is 0 Å². The fraction of sp³-hybridized carbons (Fsp3) is 0.111. The predicted molar refractivity (Wildman–Crippen MR) is 98.5 cm³/mol. The average Bonchev–Trinajstić information content (AvgIpc) is 2.53. The summed E-state index contributed by atoms with van der Waals surface area (Å²) < 4.78 is 44.2. The molecule has 0 saturated carbocycles. The summed E-state index contributed by atoms with van der Waals surface area (Å²) in [7, 11) is 0. The number of para-hydroxylation sites is 1. The maximum absolute atomic E-state index is 13.0. The Morgan fingerprint density at radius 3 is 2.54 bits per heavy atom. The second-order valence-electron chi connectivity index (χ2n) is 5.58. The Labute approximate surface area is 151 Å². The molecule has 0 aliphatic heterocycles. The smallest absolute Gasteiger partial charge is 0.418 e. The summed E-state index contributed by atoms with van der Waals surface area (Å²) in [5, 5.41) is 6.08. The minimum atomic E-state index is -4.50. The molecule has 3 rings (SSSR count). The Morgan fingerprint density at radius 2 is 1.81 bits per heavy atom. The van der Waals surface area contributed by atoms with Crippen molar-refractivity contribution in [1.29, 1.82) is 0 Å². The zero-order chi connectivity index (χ0) is 18.9. The van der Waals surface area contributed by atoms with Crippen molar-refractivity contribution in [1.82, 2.24) is 0 Å². The van der Waals surface area contributed by atoms with E-state index in [1.807, 2.05) is 0 Å². The third-order valence-electron chi connectivity index (χ3n) is 3.69. The maximum Gasteiger partial charge on any atom is 0.418 e. The van der Waals surface area contributed by atoms with Crippen LogP contribution in [0.25, 0.3) is 11.0 Å². The van der Waals surface area contributed by atoms with Gasteiger partial charge < -0.3 is 15.1 Å². The van der Waals surface area contributed by atoms with Crippen molar-refractivity contribution in [2.24, 2.45) is 0 Å². The van der Waals surface area contributed by atoms with Crippen LogP contribution in [-0.2, 0) is 6.18 Å². The van der Waals surface area contributed by atoms with Crippen LogP contribution in [-0.4, -0.2) is 5.11 Å². The van der Waals surface area contributed by atoms with Gasteiger partial charge in [0.25, 0.3) is 0 Å². The minimum Gasteiger partial charge on any atom is -0.423 e. The number of halogens is 3. The van der Waals surface area contributed by atoms with E-state index in [-0.39, 0.29) is 10.8 Å². The fourth-order valence-corrected chi connectivity index (χ4v) is 2.75. The molecule has 1 aromatic heterocycles. The van der Waals surface area contributed by atoms with Crippen molar-refractivity contribution in [3.63, 3.8) is 0 Å². The van der Waals surface area contributed by atoms with Gasteiger partial charge in [-0.05, 0) is 49.0 Å². The standard InChI is InChI=1S/C18H13F3N2O2S/c1-10-8-16(24)25-15-9-11(6-7-12(10)15)22-17(26)23-14-5-3-2-4-13(14)18(19,20)21/h2-9H,1H3,(H2,22,23,26). The third-order valence-corrected chi connectivity index (χ3v) is 3.89. The zero-order valence-corrected chi connectivity index (χ0v) is 14.3. The van der Waals surface area contributed by atoms with Gasteiger partial charge in [-0.2, -0.15) is 13.2 Å². The highest BCUT2D eigenvalue weighted by atomic mass is 32.1. The molecule has 0 aliphatic carbocycles. The van der Waals surface area contributed by atoms with Crippen molar-refractivity contribution >= 4 is 39.7 Å². The Balaban J connectivity index is 1.83. The van der Waals surface area contributed by atoms with Crippen LogP contribution in [0.15, 0.2) is 57.7 Å². The van der Waals surface area contributed by atoms with Gasteiger partial charge in [0, 0.05) is 23.2 Å². The van der Waals surface area contributed by atoms with Crippen LogP contribution in [0.1, 0.15) is 11.1 Å². The molecule has 3 aromatic rings. The Bertz CT molecular complexity index is 1040. The molecule has 1 heterocycles. The molecule has 0 bridgehead atoms. The number of rotatable bonds is 2. The van der Waals surface area contributed by atoms with Gasteiger partial charge in [-0.15, -0.1) is 0 Å².